The van der Waals surface area contributed by atoms with E-state index in [-0.39, 0.29) is 18.0 Å². The molecule has 0 aliphatic rings. The lowest BCUT2D eigenvalue weighted by Crippen LogP contribution is -2.17. The van der Waals surface area contributed by atoms with Gasteiger partial charge in [-0.05, 0) is 12.1 Å². The van der Waals surface area contributed by atoms with E-state index in [1.54, 1.807) is 0 Å². The number of rotatable bonds is 5. The van der Waals surface area contributed by atoms with Crippen LogP contribution >= 0.6 is 0 Å². The van der Waals surface area contributed by atoms with Gasteiger partial charge in [-0.2, -0.15) is 0 Å². The van der Waals surface area contributed by atoms with Crippen molar-refractivity contribution in [2.24, 2.45) is 0 Å². The third-order valence-electron chi connectivity index (χ3n) is 1.87. The fourth-order valence-corrected chi connectivity index (χ4v) is 1.22. The van der Waals surface area contributed by atoms with Gasteiger partial charge in [0.15, 0.2) is 0 Å². The van der Waals surface area contributed by atoms with Gasteiger partial charge in [-0.1, -0.05) is 0 Å². The normalized spacial score (nSPS) is 10.8. The third kappa shape index (κ3) is 4.21. The van der Waals surface area contributed by atoms with Crippen LogP contribution in [0.5, 0.6) is 11.5 Å². The summed E-state index contributed by atoms with van der Waals surface area (Å²) in [7, 11) is 1.32. The van der Waals surface area contributed by atoms with Crippen LogP contribution in [0.1, 0.15) is 5.56 Å². The first-order chi connectivity index (χ1) is 7.96. The molecule has 1 rings (SSSR count). The van der Waals surface area contributed by atoms with E-state index in [0.717, 1.165) is 12.1 Å². The van der Waals surface area contributed by atoms with Gasteiger partial charge in [0.25, 0.3) is 0 Å². The highest BCUT2D eigenvalue weighted by atomic mass is 19.4. The number of halogens is 3. The van der Waals surface area contributed by atoms with Gasteiger partial charge < -0.3 is 14.8 Å². The average Bonchev–Trinajstić information content (AvgIpc) is 2.25. The summed E-state index contributed by atoms with van der Waals surface area (Å²) in [5.74, 6) is -0.162. The SMILES string of the molecule is COc1cc(OC(F)(F)F)ccc1CNC=O. The highest BCUT2D eigenvalue weighted by molar-refractivity contribution is 5.48. The number of ether oxygens (including phenoxy) is 2. The number of alkyl halides is 3. The molecule has 7 heteroatoms. The van der Waals surface area contributed by atoms with Gasteiger partial charge in [-0.25, -0.2) is 0 Å². The monoisotopic (exact) mass is 249 g/mol. The molecule has 0 spiro atoms. The molecule has 0 heterocycles. The molecule has 0 saturated heterocycles. The molecular formula is C10H10F3NO3. The standard InChI is InChI=1S/C10H10F3NO3/c1-16-9-4-8(17-10(11,12)13)3-2-7(9)5-14-6-15/h2-4,6H,5H2,1H3,(H,14,15). The van der Waals surface area contributed by atoms with Gasteiger partial charge in [0.1, 0.15) is 11.5 Å². The van der Waals surface area contributed by atoms with E-state index < -0.39 is 6.36 Å². The van der Waals surface area contributed by atoms with Crippen molar-refractivity contribution < 1.29 is 27.4 Å². The van der Waals surface area contributed by atoms with Gasteiger partial charge in [0.05, 0.1) is 7.11 Å². The van der Waals surface area contributed by atoms with E-state index >= 15 is 0 Å². The Morgan fingerprint density at radius 2 is 2.12 bits per heavy atom. The second kappa shape index (κ2) is 5.42. The number of carbonyl (C=O) groups excluding carboxylic acids is 1. The summed E-state index contributed by atoms with van der Waals surface area (Å²) in [6.07, 6.45) is -4.26. The molecule has 0 fully saturated rings. The predicted molar refractivity (Wildman–Crippen MR) is 52.6 cm³/mol. The van der Waals surface area contributed by atoms with Crippen molar-refractivity contribution in [3.05, 3.63) is 23.8 Å². The number of hydrogen-bond donors (Lipinski definition) is 1. The number of methoxy groups -OCH3 is 1. The fraction of sp³-hybridized carbons (Fsp3) is 0.300. The first-order valence-electron chi connectivity index (χ1n) is 4.56. The minimum Gasteiger partial charge on any atom is -0.496 e. The van der Waals surface area contributed by atoms with Gasteiger partial charge in [-0.3, -0.25) is 4.79 Å². The molecule has 1 amide bonds. The molecule has 4 nitrogen and oxygen atoms in total. The summed E-state index contributed by atoms with van der Waals surface area (Å²) < 4.78 is 44.5. The van der Waals surface area contributed by atoms with E-state index in [4.69, 9.17) is 4.74 Å². The van der Waals surface area contributed by atoms with Crippen LogP contribution in [0, 0.1) is 0 Å². The maximum atomic E-state index is 12.0. The number of hydrogen-bond acceptors (Lipinski definition) is 3. The lowest BCUT2D eigenvalue weighted by Gasteiger charge is -2.12. The van der Waals surface area contributed by atoms with Crippen LogP contribution < -0.4 is 14.8 Å². The van der Waals surface area contributed by atoms with Crippen molar-refractivity contribution in [2.75, 3.05) is 7.11 Å². The molecule has 94 valence electrons. The van der Waals surface area contributed by atoms with Crippen LogP contribution in [-0.4, -0.2) is 19.9 Å². The Morgan fingerprint density at radius 3 is 2.65 bits per heavy atom. The molecule has 0 aliphatic heterocycles. The summed E-state index contributed by atoms with van der Waals surface area (Å²) >= 11 is 0. The Labute approximate surface area is 95.3 Å². The van der Waals surface area contributed by atoms with Crippen LogP contribution in [0.3, 0.4) is 0 Å². The van der Waals surface area contributed by atoms with E-state index in [0.29, 0.717) is 12.0 Å². The Bertz CT molecular complexity index is 393. The highest BCUT2D eigenvalue weighted by Gasteiger charge is 2.31. The number of carbonyl (C=O) groups is 1. The summed E-state index contributed by atoms with van der Waals surface area (Å²) in [4.78, 5) is 10.1. The van der Waals surface area contributed by atoms with E-state index in [9.17, 15) is 18.0 Å². The zero-order chi connectivity index (χ0) is 12.9. The van der Waals surface area contributed by atoms with Crippen molar-refractivity contribution in [2.45, 2.75) is 12.9 Å². The van der Waals surface area contributed by atoms with Gasteiger partial charge in [-0.15, -0.1) is 13.2 Å². The molecule has 0 atom stereocenters. The summed E-state index contributed by atoms with van der Waals surface area (Å²) in [5, 5.41) is 2.38. The summed E-state index contributed by atoms with van der Waals surface area (Å²) in [6, 6.07) is 3.64. The smallest absolute Gasteiger partial charge is 0.496 e. The molecular weight excluding hydrogens is 239 g/mol. The molecule has 0 bridgehead atoms. The highest BCUT2D eigenvalue weighted by Crippen LogP contribution is 2.28. The number of benzene rings is 1. The molecule has 0 aromatic heterocycles. The first kappa shape index (κ1) is 13.1. The molecule has 1 aromatic carbocycles. The topological polar surface area (TPSA) is 47.6 Å². The molecule has 0 aliphatic carbocycles. The first-order valence-corrected chi connectivity index (χ1v) is 4.56. The Hall–Kier alpha value is -1.92. The molecule has 17 heavy (non-hydrogen) atoms. The van der Waals surface area contributed by atoms with Crippen molar-refractivity contribution >= 4 is 6.41 Å². The van der Waals surface area contributed by atoms with E-state index in [1.807, 2.05) is 0 Å². The van der Waals surface area contributed by atoms with E-state index in [1.165, 1.54) is 13.2 Å². The van der Waals surface area contributed by atoms with Gasteiger partial charge in [0, 0.05) is 18.2 Å². The second-order valence-electron chi connectivity index (χ2n) is 3.02. The zero-order valence-corrected chi connectivity index (χ0v) is 8.88. The maximum absolute atomic E-state index is 12.0. The molecule has 0 unspecified atom stereocenters. The van der Waals surface area contributed by atoms with Gasteiger partial charge in [0.2, 0.25) is 6.41 Å². The van der Waals surface area contributed by atoms with Crippen LogP contribution in [0.4, 0.5) is 13.2 Å². The van der Waals surface area contributed by atoms with Crippen molar-refractivity contribution in [3.63, 3.8) is 0 Å². The number of nitrogens with one attached hydrogen (secondary N) is 1. The summed E-state index contributed by atoms with van der Waals surface area (Å²) in [6.45, 7) is 0.166. The van der Waals surface area contributed by atoms with Crippen molar-refractivity contribution in [3.8, 4) is 11.5 Å². The second-order valence-corrected chi connectivity index (χ2v) is 3.02. The fourth-order valence-electron chi connectivity index (χ4n) is 1.22. The van der Waals surface area contributed by atoms with Crippen LogP contribution in [0.2, 0.25) is 0 Å². The maximum Gasteiger partial charge on any atom is 0.573 e. The Balaban J connectivity index is 2.88. The zero-order valence-electron chi connectivity index (χ0n) is 8.88. The molecule has 1 N–H and O–H groups in total. The van der Waals surface area contributed by atoms with Crippen molar-refractivity contribution in [1.82, 2.24) is 5.32 Å². The minimum atomic E-state index is -4.74. The average molecular weight is 249 g/mol. The van der Waals surface area contributed by atoms with Crippen LogP contribution in [-0.2, 0) is 11.3 Å². The minimum absolute atomic E-state index is 0.166. The number of amides is 1. The van der Waals surface area contributed by atoms with Gasteiger partial charge >= 0.3 is 6.36 Å². The molecule has 0 saturated carbocycles. The lowest BCUT2D eigenvalue weighted by atomic mass is 10.2. The van der Waals surface area contributed by atoms with E-state index in [2.05, 4.69) is 10.1 Å². The predicted octanol–water partition coefficient (Wildman–Crippen LogP) is 1.84. The lowest BCUT2D eigenvalue weighted by molar-refractivity contribution is -0.274. The Kier molecular flexibility index (Phi) is 4.19. The largest absolute Gasteiger partial charge is 0.573 e. The quantitative estimate of drug-likeness (QED) is 0.810. The molecule has 1 aromatic rings. The third-order valence-corrected chi connectivity index (χ3v) is 1.87. The van der Waals surface area contributed by atoms with Crippen LogP contribution in [0.25, 0.3) is 0 Å². The Morgan fingerprint density at radius 1 is 1.41 bits per heavy atom. The van der Waals surface area contributed by atoms with Crippen LogP contribution in [0.15, 0.2) is 18.2 Å². The summed E-state index contributed by atoms with van der Waals surface area (Å²) in [5.41, 5.74) is 0.550. The van der Waals surface area contributed by atoms with Crippen molar-refractivity contribution in [1.29, 1.82) is 0 Å². The molecule has 0 radical (unpaired) electrons.